The zero-order chi connectivity index (χ0) is 13.7. The predicted molar refractivity (Wildman–Crippen MR) is 76.2 cm³/mol. The topological polar surface area (TPSA) is 29.5 Å². The zero-order valence-corrected chi connectivity index (χ0v) is 12.0. The third-order valence-corrected chi connectivity index (χ3v) is 3.76. The molecule has 4 heteroatoms. The Morgan fingerprint density at radius 2 is 2.05 bits per heavy atom. The smallest absolute Gasteiger partial charge is 0.410 e. The number of amides is 1. The Morgan fingerprint density at radius 1 is 1.37 bits per heavy atom. The van der Waals surface area contributed by atoms with Crippen LogP contribution in [0.15, 0.2) is 24.3 Å². The lowest BCUT2D eigenvalue weighted by Gasteiger charge is -2.30. The average Bonchev–Trinajstić information content (AvgIpc) is 2.45. The number of hydrogen-bond donors (Lipinski definition) is 0. The van der Waals surface area contributed by atoms with Crippen LogP contribution in [-0.4, -0.2) is 24.1 Å². The van der Waals surface area contributed by atoms with Gasteiger partial charge in [0.25, 0.3) is 0 Å². The molecule has 1 aromatic carbocycles. The fraction of sp³-hybridized carbons (Fsp3) is 0.533. The van der Waals surface area contributed by atoms with Crippen molar-refractivity contribution < 1.29 is 9.53 Å². The van der Waals surface area contributed by atoms with Gasteiger partial charge in [0.2, 0.25) is 0 Å². The fourth-order valence-corrected chi connectivity index (χ4v) is 2.49. The van der Waals surface area contributed by atoms with Crippen LogP contribution in [0.25, 0.3) is 0 Å². The number of carbonyl (C=O) groups excluding carboxylic acids is 1. The Bertz CT molecular complexity index is 419. The molecule has 1 amide bonds. The summed E-state index contributed by atoms with van der Waals surface area (Å²) < 4.78 is 5.34. The first-order chi connectivity index (χ1) is 9.19. The van der Waals surface area contributed by atoms with Gasteiger partial charge in [0, 0.05) is 19.0 Å². The Balaban J connectivity index is 1.82. The molecule has 1 unspecified atom stereocenters. The summed E-state index contributed by atoms with van der Waals surface area (Å²) in [7, 11) is 0. The molecule has 1 aromatic rings. The van der Waals surface area contributed by atoms with Gasteiger partial charge in [-0.3, -0.25) is 0 Å². The SMILES string of the molecule is CC1CCCN(C(=O)OCc2ccc(CCl)cc2)C1. The van der Waals surface area contributed by atoms with Crippen molar-refractivity contribution in [1.82, 2.24) is 4.90 Å². The van der Waals surface area contributed by atoms with Crippen molar-refractivity contribution in [2.24, 2.45) is 5.92 Å². The van der Waals surface area contributed by atoms with Crippen LogP contribution < -0.4 is 0 Å². The standard InChI is InChI=1S/C15H20ClNO2/c1-12-3-2-8-17(10-12)15(18)19-11-14-6-4-13(9-16)5-7-14/h4-7,12H,2-3,8-11H2,1H3. The number of carbonyl (C=O) groups is 1. The largest absolute Gasteiger partial charge is 0.445 e. The third-order valence-electron chi connectivity index (χ3n) is 3.45. The van der Waals surface area contributed by atoms with Crippen LogP contribution >= 0.6 is 11.6 Å². The maximum atomic E-state index is 11.9. The molecular formula is C15H20ClNO2. The summed E-state index contributed by atoms with van der Waals surface area (Å²) >= 11 is 5.73. The summed E-state index contributed by atoms with van der Waals surface area (Å²) in [6, 6.07) is 7.81. The number of alkyl halides is 1. The van der Waals surface area contributed by atoms with Crippen molar-refractivity contribution in [3.63, 3.8) is 0 Å². The molecule has 0 aliphatic carbocycles. The van der Waals surface area contributed by atoms with E-state index in [4.69, 9.17) is 16.3 Å². The van der Waals surface area contributed by atoms with Gasteiger partial charge in [-0.1, -0.05) is 31.2 Å². The molecule has 19 heavy (non-hydrogen) atoms. The highest BCUT2D eigenvalue weighted by atomic mass is 35.5. The van der Waals surface area contributed by atoms with Crippen LogP contribution in [-0.2, 0) is 17.2 Å². The molecule has 1 saturated heterocycles. The molecule has 1 atom stereocenters. The quantitative estimate of drug-likeness (QED) is 0.789. The van der Waals surface area contributed by atoms with Gasteiger partial charge in [-0.2, -0.15) is 0 Å². The second kappa shape index (κ2) is 6.80. The summed E-state index contributed by atoms with van der Waals surface area (Å²) in [6.45, 7) is 4.12. The van der Waals surface area contributed by atoms with E-state index < -0.39 is 0 Å². The second-order valence-corrected chi connectivity index (χ2v) is 5.47. The normalized spacial score (nSPS) is 19.3. The molecule has 104 valence electrons. The molecule has 0 N–H and O–H groups in total. The molecule has 0 saturated carbocycles. The number of piperidine rings is 1. The minimum atomic E-state index is -0.201. The van der Waals surface area contributed by atoms with Gasteiger partial charge in [0.15, 0.2) is 0 Å². The monoisotopic (exact) mass is 281 g/mol. The van der Waals surface area contributed by atoms with Gasteiger partial charge >= 0.3 is 6.09 Å². The van der Waals surface area contributed by atoms with Crippen molar-refractivity contribution in [1.29, 1.82) is 0 Å². The van der Waals surface area contributed by atoms with E-state index in [1.165, 1.54) is 6.42 Å². The van der Waals surface area contributed by atoms with Crippen molar-refractivity contribution in [2.45, 2.75) is 32.3 Å². The predicted octanol–water partition coefficient (Wildman–Crippen LogP) is 3.79. The highest BCUT2D eigenvalue weighted by Crippen LogP contribution is 2.16. The van der Waals surface area contributed by atoms with Crippen molar-refractivity contribution in [3.05, 3.63) is 35.4 Å². The van der Waals surface area contributed by atoms with Crippen LogP contribution in [0.5, 0.6) is 0 Å². The van der Waals surface area contributed by atoms with E-state index in [2.05, 4.69) is 6.92 Å². The second-order valence-electron chi connectivity index (χ2n) is 5.20. The van der Waals surface area contributed by atoms with Gasteiger partial charge < -0.3 is 9.64 Å². The lowest BCUT2D eigenvalue weighted by atomic mass is 10.0. The molecule has 1 heterocycles. The maximum absolute atomic E-state index is 11.9. The molecule has 0 spiro atoms. The van der Waals surface area contributed by atoms with E-state index in [1.54, 1.807) is 4.90 Å². The molecule has 1 fully saturated rings. The zero-order valence-electron chi connectivity index (χ0n) is 11.3. The van der Waals surface area contributed by atoms with E-state index in [0.717, 1.165) is 30.6 Å². The van der Waals surface area contributed by atoms with Gasteiger partial charge in [0.1, 0.15) is 6.61 Å². The van der Waals surface area contributed by atoms with Gasteiger partial charge in [-0.15, -0.1) is 11.6 Å². The van der Waals surface area contributed by atoms with Gasteiger partial charge in [0.05, 0.1) is 0 Å². The van der Waals surface area contributed by atoms with E-state index in [-0.39, 0.29) is 6.09 Å². The van der Waals surface area contributed by atoms with E-state index in [9.17, 15) is 4.79 Å². The minimum Gasteiger partial charge on any atom is -0.445 e. The minimum absolute atomic E-state index is 0.201. The molecule has 0 bridgehead atoms. The van der Waals surface area contributed by atoms with Crippen molar-refractivity contribution in [3.8, 4) is 0 Å². The van der Waals surface area contributed by atoms with Crippen molar-refractivity contribution >= 4 is 17.7 Å². The summed E-state index contributed by atoms with van der Waals surface area (Å²) in [5, 5.41) is 0. The third kappa shape index (κ3) is 4.13. The first-order valence-electron chi connectivity index (χ1n) is 6.74. The summed E-state index contributed by atoms with van der Waals surface area (Å²) in [5.74, 6) is 1.08. The number of halogens is 1. The summed E-state index contributed by atoms with van der Waals surface area (Å²) in [6.07, 6.45) is 2.07. The molecule has 0 radical (unpaired) electrons. The van der Waals surface area contributed by atoms with Crippen molar-refractivity contribution in [2.75, 3.05) is 13.1 Å². The Morgan fingerprint density at radius 3 is 2.68 bits per heavy atom. The Hall–Kier alpha value is -1.22. The van der Waals surface area contributed by atoms with Crippen LogP contribution in [0.1, 0.15) is 30.9 Å². The first-order valence-corrected chi connectivity index (χ1v) is 7.28. The molecule has 3 nitrogen and oxygen atoms in total. The van der Waals surface area contributed by atoms with E-state index in [1.807, 2.05) is 24.3 Å². The summed E-state index contributed by atoms with van der Waals surface area (Å²) in [4.78, 5) is 13.7. The van der Waals surface area contributed by atoms with Crippen LogP contribution in [0.2, 0.25) is 0 Å². The number of ether oxygens (including phenoxy) is 1. The van der Waals surface area contributed by atoms with Crippen LogP contribution in [0.3, 0.4) is 0 Å². The number of likely N-dealkylation sites (tertiary alicyclic amines) is 1. The highest BCUT2D eigenvalue weighted by molar-refractivity contribution is 6.17. The highest BCUT2D eigenvalue weighted by Gasteiger charge is 2.21. The number of nitrogens with zero attached hydrogens (tertiary/aromatic N) is 1. The lowest BCUT2D eigenvalue weighted by molar-refractivity contribution is 0.0810. The lowest BCUT2D eigenvalue weighted by Crippen LogP contribution is -2.39. The van der Waals surface area contributed by atoms with Gasteiger partial charge in [-0.05, 0) is 29.9 Å². The molecule has 0 aromatic heterocycles. The number of rotatable bonds is 3. The molecule has 1 aliphatic rings. The van der Waals surface area contributed by atoms with E-state index >= 15 is 0 Å². The summed E-state index contributed by atoms with van der Waals surface area (Å²) in [5.41, 5.74) is 2.06. The van der Waals surface area contributed by atoms with Gasteiger partial charge in [-0.25, -0.2) is 4.79 Å². The maximum Gasteiger partial charge on any atom is 0.410 e. The van der Waals surface area contributed by atoms with E-state index in [0.29, 0.717) is 18.4 Å². The molecular weight excluding hydrogens is 262 g/mol. The van der Waals surface area contributed by atoms with Crippen LogP contribution in [0, 0.1) is 5.92 Å². The fourth-order valence-electron chi connectivity index (χ4n) is 2.32. The van der Waals surface area contributed by atoms with Crippen LogP contribution in [0.4, 0.5) is 4.79 Å². The Labute approximate surface area is 119 Å². The molecule has 1 aliphatic heterocycles. The first kappa shape index (κ1) is 14.2. The average molecular weight is 282 g/mol. The number of benzene rings is 1. The Kier molecular flexibility index (Phi) is 5.08. The number of hydrogen-bond acceptors (Lipinski definition) is 2. The molecule has 2 rings (SSSR count).